The predicted octanol–water partition coefficient (Wildman–Crippen LogP) is 0.567. The molecule has 1 saturated heterocycles. The highest BCUT2D eigenvalue weighted by Crippen LogP contribution is 2.36. The number of hydrogen-bond acceptors (Lipinski definition) is 5. The van der Waals surface area contributed by atoms with Crippen molar-refractivity contribution in [3.8, 4) is 0 Å². The summed E-state index contributed by atoms with van der Waals surface area (Å²) >= 11 is 0. The van der Waals surface area contributed by atoms with Crippen molar-refractivity contribution in [3.05, 3.63) is 46.0 Å². The standard InChI is InChI=1S/C18H23N3O3/c1-11-2-3-21-17(4-11)19-14(7-18(21)24)10-20-8-12-5-15(22)16(23)6-13(12)9-20/h2-4,7,12-13,15-16,22-23H,5-6,8-10H2,1H3/t12-,13+,15-,16-/m0/s1. The van der Waals surface area contributed by atoms with Gasteiger partial charge < -0.3 is 10.2 Å². The first kappa shape index (κ1) is 15.7. The summed E-state index contributed by atoms with van der Waals surface area (Å²) in [5.41, 5.74) is 2.48. The molecule has 1 aliphatic carbocycles. The van der Waals surface area contributed by atoms with Gasteiger partial charge in [-0.25, -0.2) is 4.98 Å². The van der Waals surface area contributed by atoms with Crippen LogP contribution in [0.1, 0.15) is 24.1 Å². The number of aromatic nitrogens is 2. The number of fused-ring (bicyclic) bond motifs is 2. The number of nitrogens with zero attached hydrogens (tertiary/aromatic N) is 3. The largest absolute Gasteiger partial charge is 0.390 e. The Bertz CT molecular complexity index is 801. The molecule has 1 aliphatic heterocycles. The molecule has 0 unspecified atom stereocenters. The maximum Gasteiger partial charge on any atom is 0.258 e. The Morgan fingerprint density at radius 2 is 1.83 bits per heavy atom. The van der Waals surface area contributed by atoms with Crippen LogP contribution in [0.2, 0.25) is 0 Å². The van der Waals surface area contributed by atoms with E-state index in [4.69, 9.17) is 0 Å². The van der Waals surface area contributed by atoms with Crippen LogP contribution in [0.4, 0.5) is 0 Å². The highest BCUT2D eigenvalue weighted by molar-refractivity contribution is 5.41. The van der Waals surface area contributed by atoms with Crippen LogP contribution in [0.15, 0.2) is 29.2 Å². The molecule has 6 heteroatoms. The quantitative estimate of drug-likeness (QED) is 0.842. The van der Waals surface area contributed by atoms with Crippen molar-refractivity contribution in [2.75, 3.05) is 13.1 Å². The van der Waals surface area contributed by atoms with Gasteiger partial charge in [0.15, 0.2) is 0 Å². The smallest absolute Gasteiger partial charge is 0.258 e. The molecule has 4 atom stereocenters. The Labute approximate surface area is 140 Å². The van der Waals surface area contributed by atoms with Gasteiger partial charge in [0.25, 0.3) is 5.56 Å². The van der Waals surface area contributed by atoms with Crippen LogP contribution in [0.3, 0.4) is 0 Å². The maximum absolute atomic E-state index is 12.3. The third kappa shape index (κ3) is 2.85. The summed E-state index contributed by atoms with van der Waals surface area (Å²) in [5, 5.41) is 19.7. The molecule has 2 aliphatic rings. The molecule has 6 nitrogen and oxygen atoms in total. The minimum Gasteiger partial charge on any atom is -0.390 e. The van der Waals surface area contributed by atoms with Crippen molar-refractivity contribution in [2.45, 2.75) is 38.5 Å². The van der Waals surface area contributed by atoms with Gasteiger partial charge in [-0.15, -0.1) is 0 Å². The first-order valence-electron chi connectivity index (χ1n) is 8.57. The lowest BCUT2D eigenvalue weighted by atomic mass is 9.79. The van der Waals surface area contributed by atoms with Crippen molar-refractivity contribution in [1.29, 1.82) is 0 Å². The second-order valence-electron chi connectivity index (χ2n) is 7.34. The number of aliphatic hydroxyl groups excluding tert-OH is 2. The number of rotatable bonds is 2. The summed E-state index contributed by atoms with van der Waals surface area (Å²) in [6.45, 7) is 4.41. The van der Waals surface area contributed by atoms with Gasteiger partial charge in [0, 0.05) is 31.9 Å². The molecule has 2 N–H and O–H groups in total. The van der Waals surface area contributed by atoms with Crippen LogP contribution in [0.25, 0.3) is 5.65 Å². The zero-order valence-electron chi connectivity index (χ0n) is 13.8. The van der Waals surface area contributed by atoms with Gasteiger partial charge in [-0.05, 0) is 49.3 Å². The van der Waals surface area contributed by atoms with Crippen LogP contribution in [-0.4, -0.2) is 49.8 Å². The maximum atomic E-state index is 12.3. The summed E-state index contributed by atoms with van der Waals surface area (Å²) in [6.07, 6.45) is 1.89. The second kappa shape index (κ2) is 5.95. The Hall–Kier alpha value is -1.76. The number of likely N-dealkylation sites (tertiary alicyclic amines) is 1. The lowest BCUT2D eigenvalue weighted by Gasteiger charge is -2.32. The van der Waals surface area contributed by atoms with E-state index in [2.05, 4.69) is 9.88 Å². The van der Waals surface area contributed by atoms with Crippen molar-refractivity contribution in [3.63, 3.8) is 0 Å². The molecule has 1 saturated carbocycles. The van der Waals surface area contributed by atoms with E-state index in [-0.39, 0.29) is 5.56 Å². The van der Waals surface area contributed by atoms with Gasteiger partial charge >= 0.3 is 0 Å². The van der Waals surface area contributed by atoms with Gasteiger partial charge in [-0.1, -0.05) is 0 Å². The summed E-state index contributed by atoms with van der Waals surface area (Å²) in [7, 11) is 0. The molecule has 128 valence electrons. The molecular formula is C18H23N3O3. The van der Waals surface area contributed by atoms with Crippen LogP contribution in [0, 0.1) is 18.8 Å². The second-order valence-corrected chi connectivity index (χ2v) is 7.34. The first-order valence-corrected chi connectivity index (χ1v) is 8.57. The molecule has 0 radical (unpaired) electrons. The normalized spacial score (nSPS) is 30.6. The predicted molar refractivity (Wildman–Crippen MR) is 89.7 cm³/mol. The number of hydrogen-bond donors (Lipinski definition) is 2. The Balaban J connectivity index is 1.54. The van der Waals surface area contributed by atoms with Crippen molar-refractivity contribution >= 4 is 5.65 Å². The molecule has 2 aromatic heterocycles. The van der Waals surface area contributed by atoms with E-state index in [0.29, 0.717) is 36.9 Å². The minimum absolute atomic E-state index is 0.0579. The number of aryl methyl sites for hydroxylation is 1. The van der Waals surface area contributed by atoms with Crippen molar-refractivity contribution < 1.29 is 10.2 Å². The lowest BCUT2D eigenvalue weighted by Crippen LogP contribution is -2.38. The Kier molecular flexibility index (Phi) is 3.90. The van der Waals surface area contributed by atoms with E-state index in [1.54, 1.807) is 16.7 Å². The van der Waals surface area contributed by atoms with Gasteiger partial charge in [-0.3, -0.25) is 14.1 Å². The average Bonchev–Trinajstić information content (AvgIpc) is 2.88. The fourth-order valence-corrected chi connectivity index (χ4v) is 4.20. The minimum atomic E-state index is -0.599. The first-order chi connectivity index (χ1) is 11.5. The van der Waals surface area contributed by atoms with Crippen molar-refractivity contribution in [1.82, 2.24) is 14.3 Å². The molecule has 0 spiro atoms. The van der Waals surface area contributed by atoms with Gasteiger partial charge in [0.1, 0.15) is 5.65 Å². The highest BCUT2D eigenvalue weighted by atomic mass is 16.3. The molecule has 2 aromatic rings. The van der Waals surface area contributed by atoms with E-state index in [1.807, 2.05) is 19.1 Å². The Morgan fingerprint density at radius 1 is 1.17 bits per heavy atom. The molecule has 24 heavy (non-hydrogen) atoms. The highest BCUT2D eigenvalue weighted by Gasteiger charge is 2.41. The molecule has 0 bridgehead atoms. The number of pyridine rings is 1. The van der Waals surface area contributed by atoms with Crippen LogP contribution >= 0.6 is 0 Å². The SMILES string of the molecule is Cc1ccn2c(=O)cc(CN3C[C@H]4C[C@H](O)[C@@H](O)C[C@H]4C3)nc2c1. The van der Waals surface area contributed by atoms with Crippen molar-refractivity contribution in [2.24, 2.45) is 11.8 Å². The number of aliphatic hydroxyl groups is 2. The van der Waals surface area contributed by atoms with Gasteiger partial charge in [-0.2, -0.15) is 0 Å². The Morgan fingerprint density at radius 3 is 2.50 bits per heavy atom. The monoisotopic (exact) mass is 329 g/mol. The zero-order valence-corrected chi connectivity index (χ0v) is 13.8. The average molecular weight is 329 g/mol. The van der Waals surface area contributed by atoms with E-state index >= 15 is 0 Å². The summed E-state index contributed by atoms with van der Waals surface area (Å²) in [6, 6.07) is 5.42. The molecule has 2 fully saturated rings. The summed E-state index contributed by atoms with van der Waals surface area (Å²) in [4.78, 5) is 19.2. The lowest BCUT2D eigenvalue weighted by molar-refractivity contribution is -0.0372. The van der Waals surface area contributed by atoms with E-state index in [9.17, 15) is 15.0 Å². The molecule has 0 aromatic carbocycles. The molecule has 4 rings (SSSR count). The van der Waals surface area contributed by atoms with Gasteiger partial charge in [0.05, 0.1) is 17.9 Å². The van der Waals surface area contributed by atoms with Gasteiger partial charge in [0.2, 0.25) is 0 Å². The topological polar surface area (TPSA) is 78.1 Å². The molecular weight excluding hydrogens is 306 g/mol. The van der Waals surface area contributed by atoms with Crippen LogP contribution in [0.5, 0.6) is 0 Å². The fourth-order valence-electron chi connectivity index (χ4n) is 4.20. The third-order valence-corrected chi connectivity index (χ3v) is 5.45. The van der Waals surface area contributed by atoms with Crippen LogP contribution < -0.4 is 5.56 Å². The third-order valence-electron chi connectivity index (χ3n) is 5.45. The van der Waals surface area contributed by atoms with E-state index in [1.165, 1.54) is 0 Å². The summed E-state index contributed by atoms with van der Waals surface area (Å²) < 4.78 is 1.56. The zero-order chi connectivity index (χ0) is 16.8. The van der Waals surface area contributed by atoms with E-state index < -0.39 is 12.2 Å². The molecule has 0 amide bonds. The van der Waals surface area contributed by atoms with Crippen LogP contribution in [-0.2, 0) is 6.54 Å². The fraction of sp³-hybridized carbons (Fsp3) is 0.556. The van der Waals surface area contributed by atoms with E-state index in [0.717, 1.165) is 24.3 Å². The summed E-state index contributed by atoms with van der Waals surface area (Å²) in [5.74, 6) is 0.847. The molecule has 3 heterocycles.